The maximum Gasteiger partial charge on any atom is 0.268 e. The third-order valence-electron chi connectivity index (χ3n) is 6.36. The number of nitriles is 1. The van der Waals surface area contributed by atoms with Crippen LogP contribution in [0.5, 0.6) is 0 Å². The molecule has 2 aliphatic rings. The fourth-order valence-electron chi connectivity index (χ4n) is 4.47. The summed E-state index contributed by atoms with van der Waals surface area (Å²) in [4.78, 5) is 17.5. The van der Waals surface area contributed by atoms with E-state index in [1.54, 1.807) is 13.8 Å². The molecule has 2 N–H and O–H groups in total. The van der Waals surface area contributed by atoms with Crippen molar-refractivity contribution in [2.45, 2.75) is 51.6 Å². The number of rotatable bonds is 2. The van der Waals surface area contributed by atoms with E-state index in [1.807, 2.05) is 18.2 Å². The Bertz CT molecular complexity index is 948. The highest BCUT2D eigenvalue weighted by molar-refractivity contribution is 5.95. The quantitative estimate of drug-likeness (QED) is 0.869. The predicted molar refractivity (Wildman–Crippen MR) is 102 cm³/mol. The molecule has 0 radical (unpaired) electrons. The van der Waals surface area contributed by atoms with E-state index in [4.69, 9.17) is 0 Å². The van der Waals surface area contributed by atoms with Gasteiger partial charge in [-0.1, -0.05) is 12.5 Å². The fraction of sp³-hybridized carbons (Fsp3) is 0.524. The summed E-state index contributed by atoms with van der Waals surface area (Å²) in [5, 5.41) is 20.9. The molecule has 1 aromatic heterocycles. The number of fused-ring (bicyclic) bond motifs is 1. The molecule has 1 aliphatic heterocycles. The van der Waals surface area contributed by atoms with E-state index in [2.05, 4.69) is 16.0 Å². The van der Waals surface area contributed by atoms with Crippen LogP contribution in [0.4, 0.5) is 5.69 Å². The molecule has 1 saturated heterocycles. The van der Waals surface area contributed by atoms with Crippen LogP contribution in [0.2, 0.25) is 0 Å². The Morgan fingerprint density at radius 1 is 1.23 bits per heavy atom. The van der Waals surface area contributed by atoms with Crippen LogP contribution in [0, 0.1) is 16.7 Å². The Balaban J connectivity index is 1.85. The summed E-state index contributed by atoms with van der Waals surface area (Å²) < 4.78 is 0. The van der Waals surface area contributed by atoms with Gasteiger partial charge in [-0.25, -0.2) is 0 Å². The fourth-order valence-corrected chi connectivity index (χ4v) is 4.47. The number of benzene rings is 1. The first-order valence-electron chi connectivity index (χ1n) is 9.41. The van der Waals surface area contributed by atoms with E-state index in [0.717, 1.165) is 42.6 Å². The van der Waals surface area contributed by atoms with Gasteiger partial charge in [0.1, 0.15) is 11.6 Å². The number of H-pyrrole nitrogens is 1. The molecule has 1 saturated carbocycles. The van der Waals surface area contributed by atoms with Crippen molar-refractivity contribution in [3.63, 3.8) is 0 Å². The van der Waals surface area contributed by atoms with Crippen molar-refractivity contribution in [2.24, 2.45) is 5.41 Å². The summed E-state index contributed by atoms with van der Waals surface area (Å²) in [6.07, 6.45) is 6.19. The molecule has 1 aliphatic carbocycles. The molecule has 2 heterocycles. The number of aliphatic hydroxyl groups is 1. The highest BCUT2D eigenvalue weighted by atomic mass is 16.3. The largest absolute Gasteiger partial charge is 0.386 e. The van der Waals surface area contributed by atoms with Crippen LogP contribution in [-0.2, 0) is 5.60 Å². The van der Waals surface area contributed by atoms with Gasteiger partial charge < -0.3 is 15.0 Å². The minimum atomic E-state index is -0.980. The smallest absolute Gasteiger partial charge is 0.268 e. The minimum Gasteiger partial charge on any atom is -0.386 e. The Morgan fingerprint density at radius 2 is 1.92 bits per heavy atom. The van der Waals surface area contributed by atoms with Gasteiger partial charge in [-0.2, -0.15) is 5.26 Å². The zero-order valence-corrected chi connectivity index (χ0v) is 15.4. The first-order chi connectivity index (χ1) is 12.3. The van der Waals surface area contributed by atoms with Gasteiger partial charge in [0.15, 0.2) is 0 Å². The van der Waals surface area contributed by atoms with Crippen LogP contribution in [0.25, 0.3) is 10.9 Å². The highest BCUT2D eigenvalue weighted by Crippen LogP contribution is 2.49. The third kappa shape index (κ3) is 2.69. The molecular weight excluding hydrogens is 326 g/mol. The van der Waals surface area contributed by atoms with Crippen LogP contribution in [-0.4, -0.2) is 23.2 Å². The Labute approximate surface area is 153 Å². The SMILES string of the molecule is CC(C)(O)c1ccc2[nH]c(=O)c(C#N)c(N3CCC4(CCC4)CC3)c2c1. The van der Waals surface area contributed by atoms with Gasteiger partial charge in [-0.3, -0.25) is 4.79 Å². The van der Waals surface area contributed by atoms with Crippen LogP contribution in [0.15, 0.2) is 23.0 Å². The number of pyridine rings is 1. The van der Waals surface area contributed by atoms with Crippen molar-refractivity contribution in [2.75, 3.05) is 18.0 Å². The zero-order valence-electron chi connectivity index (χ0n) is 15.4. The Hall–Kier alpha value is -2.32. The minimum absolute atomic E-state index is 0.176. The topological polar surface area (TPSA) is 80.1 Å². The van der Waals surface area contributed by atoms with Gasteiger partial charge in [-0.05, 0) is 62.6 Å². The summed E-state index contributed by atoms with van der Waals surface area (Å²) in [6, 6.07) is 7.68. The Morgan fingerprint density at radius 3 is 2.46 bits per heavy atom. The first kappa shape index (κ1) is 17.1. The van der Waals surface area contributed by atoms with Crippen molar-refractivity contribution in [1.82, 2.24) is 4.98 Å². The van der Waals surface area contributed by atoms with Crippen molar-refractivity contribution < 1.29 is 5.11 Å². The summed E-state index contributed by atoms with van der Waals surface area (Å²) in [6.45, 7) is 5.23. The molecule has 2 aromatic rings. The molecule has 26 heavy (non-hydrogen) atoms. The second kappa shape index (κ2) is 5.85. The molecule has 2 fully saturated rings. The average Bonchev–Trinajstić information content (AvgIpc) is 2.58. The lowest BCUT2D eigenvalue weighted by molar-refractivity contribution is 0.0787. The molecule has 1 aromatic carbocycles. The number of hydrogen-bond acceptors (Lipinski definition) is 4. The zero-order chi connectivity index (χ0) is 18.5. The normalized spacial score (nSPS) is 19.4. The summed E-state index contributed by atoms with van der Waals surface area (Å²) in [7, 11) is 0. The van der Waals surface area contributed by atoms with E-state index in [9.17, 15) is 15.2 Å². The number of nitrogens with zero attached hydrogens (tertiary/aromatic N) is 2. The molecule has 136 valence electrons. The number of nitrogens with one attached hydrogen (secondary N) is 1. The van der Waals surface area contributed by atoms with Crippen LogP contribution >= 0.6 is 0 Å². The van der Waals surface area contributed by atoms with Gasteiger partial charge in [0, 0.05) is 18.5 Å². The summed E-state index contributed by atoms with van der Waals surface area (Å²) in [5.74, 6) is 0. The van der Waals surface area contributed by atoms with Gasteiger partial charge >= 0.3 is 0 Å². The van der Waals surface area contributed by atoms with E-state index in [1.165, 1.54) is 19.3 Å². The van der Waals surface area contributed by atoms with Crippen LogP contribution in [0.1, 0.15) is 57.1 Å². The average molecular weight is 351 g/mol. The highest BCUT2D eigenvalue weighted by Gasteiger charge is 2.40. The molecule has 0 amide bonds. The number of aromatic nitrogens is 1. The second-order valence-corrected chi connectivity index (χ2v) is 8.45. The first-order valence-corrected chi connectivity index (χ1v) is 9.41. The van der Waals surface area contributed by atoms with Crippen molar-refractivity contribution >= 4 is 16.6 Å². The number of hydrogen-bond donors (Lipinski definition) is 2. The molecular formula is C21H25N3O2. The van der Waals surface area contributed by atoms with E-state index >= 15 is 0 Å². The maximum absolute atomic E-state index is 12.5. The lowest BCUT2D eigenvalue weighted by Crippen LogP contribution is -2.44. The maximum atomic E-state index is 12.5. The second-order valence-electron chi connectivity index (χ2n) is 8.45. The molecule has 0 unspecified atom stereocenters. The number of aromatic amines is 1. The van der Waals surface area contributed by atoms with E-state index < -0.39 is 5.60 Å². The van der Waals surface area contributed by atoms with Gasteiger partial charge in [0.25, 0.3) is 5.56 Å². The molecule has 5 heteroatoms. The standard InChI is InChI=1S/C21H25N3O2/c1-20(2,26)14-4-5-17-15(12-14)18(16(13-22)19(25)23-17)24-10-8-21(9-11-24)6-3-7-21/h4-5,12,26H,3,6-11H2,1-2H3,(H,23,25). The lowest BCUT2D eigenvalue weighted by Gasteiger charge is -2.48. The van der Waals surface area contributed by atoms with Crippen LogP contribution < -0.4 is 10.5 Å². The molecule has 4 rings (SSSR count). The molecule has 5 nitrogen and oxygen atoms in total. The predicted octanol–water partition coefficient (Wildman–Crippen LogP) is 3.40. The van der Waals surface area contributed by atoms with E-state index in [-0.39, 0.29) is 11.1 Å². The monoisotopic (exact) mass is 351 g/mol. The number of piperidine rings is 1. The van der Waals surface area contributed by atoms with Gasteiger partial charge in [-0.15, -0.1) is 0 Å². The lowest BCUT2D eigenvalue weighted by atomic mass is 9.63. The van der Waals surface area contributed by atoms with Crippen molar-refractivity contribution in [1.29, 1.82) is 5.26 Å². The van der Waals surface area contributed by atoms with Gasteiger partial charge in [0.05, 0.1) is 16.8 Å². The third-order valence-corrected chi connectivity index (χ3v) is 6.36. The van der Waals surface area contributed by atoms with E-state index in [0.29, 0.717) is 10.9 Å². The van der Waals surface area contributed by atoms with Crippen molar-refractivity contribution in [3.8, 4) is 6.07 Å². The Kier molecular flexibility index (Phi) is 3.85. The summed E-state index contributed by atoms with van der Waals surface area (Å²) >= 11 is 0. The number of anilines is 1. The molecule has 1 spiro atoms. The molecule has 0 atom stereocenters. The van der Waals surface area contributed by atoms with Gasteiger partial charge in [0.2, 0.25) is 0 Å². The molecule has 0 bridgehead atoms. The van der Waals surface area contributed by atoms with Crippen LogP contribution in [0.3, 0.4) is 0 Å². The van der Waals surface area contributed by atoms with Crippen molar-refractivity contribution in [3.05, 3.63) is 39.7 Å². The summed E-state index contributed by atoms with van der Waals surface area (Å²) in [5.41, 5.74) is 1.57.